The number of hydrogen-bond donors (Lipinski definition) is 2. The molecule has 7 heteroatoms. The highest BCUT2D eigenvalue weighted by Gasteiger charge is 2.26. The number of halogens is 3. The highest BCUT2D eigenvalue weighted by Crippen LogP contribution is 2.18. The number of alkyl halides is 3. The Labute approximate surface area is 151 Å². The van der Waals surface area contributed by atoms with Gasteiger partial charge in [0.2, 0.25) is 0 Å². The van der Waals surface area contributed by atoms with Crippen LogP contribution >= 0.6 is 0 Å². The number of benzene rings is 2. The van der Waals surface area contributed by atoms with E-state index in [0.29, 0.717) is 19.1 Å². The summed E-state index contributed by atoms with van der Waals surface area (Å²) in [7, 11) is 1.52. The predicted octanol–water partition coefficient (Wildman–Crippen LogP) is 3.88. The van der Waals surface area contributed by atoms with E-state index >= 15 is 0 Å². The molecule has 2 aromatic carbocycles. The van der Waals surface area contributed by atoms with E-state index in [2.05, 4.69) is 15.6 Å². The molecular formula is C19H22F3N3O. The standard InChI is InChI=1S/C19H22F3N3O/c1-23-18(24-12-11-19(20,21)22)25-13-15-7-9-17(10-8-15)26-14-16-5-3-2-4-6-16/h2-10H,11-14H2,1H3,(H2,23,24,25). The fourth-order valence-electron chi connectivity index (χ4n) is 2.17. The highest BCUT2D eigenvalue weighted by atomic mass is 19.4. The Morgan fingerprint density at radius 3 is 2.27 bits per heavy atom. The van der Waals surface area contributed by atoms with Gasteiger partial charge in [0.1, 0.15) is 12.4 Å². The minimum atomic E-state index is -4.18. The van der Waals surface area contributed by atoms with Crippen molar-refractivity contribution in [2.45, 2.75) is 25.7 Å². The molecule has 0 unspecified atom stereocenters. The Balaban J connectivity index is 1.75. The smallest absolute Gasteiger partial charge is 0.390 e. The van der Waals surface area contributed by atoms with Gasteiger partial charge in [0.05, 0.1) is 6.42 Å². The van der Waals surface area contributed by atoms with Crippen LogP contribution in [0, 0.1) is 0 Å². The van der Waals surface area contributed by atoms with E-state index in [1.54, 1.807) is 0 Å². The van der Waals surface area contributed by atoms with Gasteiger partial charge < -0.3 is 15.4 Å². The van der Waals surface area contributed by atoms with Crippen molar-refractivity contribution in [3.63, 3.8) is 0 Å². The predicted molar refractivity (Wildman–Crippen MR) is 96.1 cm³/mol. The van der Waals surface area contributed by atoms with Crippen LogP contribution in [0.15, 0.2) is 59.6 Å². The third-order valence-electron chi connectivity index (χ3n) is 3.56. The molecule has 0 aliphatic heterocycles. The van der Waals surface area contributed by atoms with Gasteiger partial charge in [-0.2, -0.15) is 13.2 Å². The first-order valence-corrected chi connectivity index (χ1v) is 8.23. The van der Waals surface area contributed by atoms with E-state index in [0.717, 1.165) is 16.9 Å². The molecule has 0 saturated heterocycles. The molecule has 0 aliphatic carbocycles. The maximum atomic E-state index is 12.2. The average Bonchev–Trinajstić information content (AvgIpc) is 2.63. The van der Waals surface area contributed by atoms with Crippen molar-refractivity contribution in [2.24, 2.45) is 4.99 Å². The number of hydrogen-bond acceptors (Lipinski definition) is 2. The maximum Gasteiger partial charge on any atom is 0.390 e. The van der Waals surface area contributed by atoms with Crippen LogP contribution < -0.4 is 15.4 Å². The quantitative estimate of drug-likeness (QED) is 0.578. The van der Waals surface area contributed by atoms with Gasteiger partial charge in [0, 0.05) is 20.1 Å². The van der Waals surface area contributed by atoms with Crippen LogP contribution in [0.5, 0.6) is 5.75 Å². The van der Waals surface area contributed by atoms with E-state index in [9.17, 15) is 13.2 Å². The number of guanidine groups is 1. The first-order chi connectivity index (χ1) is 12.5. The molecule has 0 radical (unpaired) electrons. The lowest BCUT2D eigenvalue weighted by atomic mass is 10.2. The zero-order valence-corrected chi connectivity index (χ0v) is 14.5. The second kappa shape index (κ2) is 9.70. The van der Waals surface area contributed by atoms with E-state index in [1.807, 2.05) is 54.6 Å². The number of nitrogens with one attached hydrogen (secondary N) is 2. The summed E-state index contributed by atoms with van der Waals surface area (Å²) in [6.07, 6.45) is -5.08. The molecule has 0 spiro atoms. The molecule has 0 atom stereocenters. The number of aliphatic imine (C=N–C) groups is 1. The first kappa shape index (κ1) is 19.6. The molecule has 2 N–H and O–H groups in total. The van der Waals surface area contributed by atoms with Crippen molar-refractivity contribution in [3.05, 3.63) is 65.7 Å². The highest BCUT2D eigenvalue weighted by molar-refractivity contribution is 5.79. The van der Waals surface area contributed by atoms with Gasteiger partial charge in [0.15, 0.2) is 5.96 Å². The Hall–Kier alpha value is -2.70. The van der Waals surface area contributed by atoms with Crippen LogP contribution in [0.3, 0.4) is 0 Å². The molecule has 2 aromatic rings. The Morgan fingerprint density at radius 1 is 0.962 bits per heavy atom. The monoisotopic (exact) mass is 365 g/mol. The first-order valence-electron chi connectivity index (χ1n) is 8.23. The molecule has 140 valence electrons. The van der Waals surface area contributed by atoms with Gasteiger partial charge in [-0.05, 0) is 23.3 Å². The lowest BCUT2D eigenvalue weighted by Gasteiger charge is -2.13. The molecule has 0 bridgehead atoms. The summed E-state index contributed by atoms with van der Waals surface area (Å²) in [4.78, 5) is 3.91. The van der Waals surface area contributed by atoms with Gasteiger partial charge >= 0.3 is 6.18 Å². The Kier molecular flexibility index (Phi) is 7.32. The van der Waals surface area contributed by atoms with Crippen LogP contribution in [-0.2, 0) is 13.2 Å². The summed E-state index contributed by atoms with van der Waals surface area (Å²) < 4.78 is 42.2. The number of rotatable bonds is 7. The summed E-state index contributed by atoms with van der Waals surface area (Å²) in [5, 5.41) is 5.62. The van der Waals surface area contributed by atoms with Crippen molar-refractivity contribution >= 4 is 5.96 Å². The summed E-state index contributed by atoms with van der Waals surface area (Å²) >= 11 is 0. The van der Waals surface area contributed by atoms with Gasteiger partial charge in [-0.15, -0.1) is 0 Å². The Morgan fingerprint density at radius 2 is 1.65 bits per heavy atom. The SMILES string of the molecule is CN=C(NCCC(F)(F)F)NCc1ccc(OCc2ccccc2)cc1. The Bertz CT molecular complexity index is 685. The second-order valence-corrected chi connectivity index (χ2v) is 5.64. The van der Waals surface area contributed by atoms with Crippen LogP contribution in [0.2, 0.25) is 0 Å². The van der Waals surface area contributed by atoms with Gasteiger partial charge in [0.25, 0.3) is 0 Å². The van der Waals surface area contributed by atoms with Gasteiger partial charge in [-0.1, -0.05) is 42.5 Å². The van der Waals surface area contributed by atoms with Crippen LogP contribution in [0.25, 0.3) is 0 Å². The topological polar surface area (TPSA) is 45.7 Å². The molecule has 4 nitrogen and oxygen atoms in total. The van der Waals surface area contributed by atoms with Crippen LogP contribution in [0.1, 0.15) is 17.5 Å². The fraction of sp³-hybridized carbons (Fsp3) is 0.316. The molecule has 0 saturated carbocycles. The molecule has 0 fully saturated rings. The molecule has 0 amide bonds. The van der Waals surface area contributed by atoms with Crippen molar-refractivity contribution in [1.82, 2.24) is 10.6 Å². The minimum absolute atomic E-state index is 0.213. The molecule has 0 aromatic heterocycles. The van der Waals surface area contributed by atoms with E-state index < -0.39 is 12.6 Å². The van der Waals surface area contributed by atoms with Crippen molar-refractivity contribution in [2.75, 3.05) is 13.6 Å². The molecule has 2 rings (SSSR count). The summed E-state index contributed by atoms with van der Waals surface area (Å²) in [5.74, 6) is 1.09. The van der Waals surface area contributed by atoms with Crippen molar-refractivity contribution in [1.29, 1.82) is 0 Å². The normalized spacial score (nSPS) is 11.9. The molecule has 0 heterocycles. The van der Waals surface area contributed by atoms with Gasteiger partial charge in [-0.3, -0.25) is 4.99 Å². The van der Waals surface area contributed by atoms with E-state index in [4.69, 9.17) is 4.74 Å². The third-order valence-corrected chi connectivity index (χ3v) is 3.56. The number of nitrogens with zero attached hydrogens (tertiary/aromatic N) is 1. The van der Waals surface area contributed by atoms with Crippen LogP contribution in [-0.4, -0.2) is 25.7 Å². The molecular weight excluding hydrogens is 343 g/mol. The lowest BCUT2D eigenvalue weighted by Crippen LogP contribution is -2.38. The van der Waals surface area contributed by atoms with Gasteiger partial charge in [-0.25, -0.2) is 0 Å². The summed E-state index contributed by atoms with van der Waals surface area (Å²) in [5.41, 5.74) is 2.06. The maximum absolute atomic E-state index is 12.2. The largest absolute Gasteiger partial charge is 0.489 e. The van der Waals surface area contributed by atoms with Crippen LogP contribution in [0.4, 0.5) is 13.2 Å². The van der Waals surface area contributed by atoms with Crippen molar-refractivity contribution in [3.8, 4) is 5.75 Å². The van der Waals surface area contributed by atoms with Crippen molar-refractivity contribution < 1.29 is 17.9 Å². The average molecular weight is 365 g/mol. The second-order valence-electron chi connectivity index (χ2n) is 5.64. The summed E-state index contributed by atoms with van der Waals surface area (Å²) in [6.45, 7) is 0.730. The van der Waals surface area contributed by atoms with E-state index in [1.165, 1.54) is 7.05 Å². The summed E-state index contributed by atoms with van der Waals surface area (Å²) in [6, 6.07) is 17.4. The third kappa shape index (κ3) is 7.46. The zero-order valence-electron chi connectivity index (χ0n) is 14.5. The molecule has 26 heavy (non-hydrogen) atoms. The number of ether oxygens (including phenoxy) is 1. The zero-order chi connectivity index (χ0) is 18.8. The fourth-order valence-corrected chi connectivity index (χ4v) is 2.17. The minimum Gasteiger partial charge on any atom is -0.489 e. The molecule has 0 aliphatic rings. The lowest BCUT2D eigenvalue weighted by molar-refractivity contribution is -0.132. The van der Waals surface area contributed by atoms with E-state index in [-0.39, 0.29) is 6.54 Å².